The van der Waals surface area contributed by atoms with Crippen LogP contribution < -0.4 is 0 Å². The van der Waals surface area contributed by atoms with Crippen LogP contribution >= 0.6 is 0 Å². The average Bonchev–Trinajstić information content (AvgIpc) is 3.46. The molecule has 5 rings (SSSR count). The first-order valence-electron chi connectivity index (χ1n) is 10.5. The molecule has 0 saturated heterocycles. The van der Waals surface area contributed by atoms with Crippen molar-refractivity contribution in [3.63, 3.8) is 0 Å². The minimum atomic E-state index is -0.321. The lowest BCUT2D eigenvalue weighted by atomic mass is 10.1. The fourth-order valence-electron chi connectivity index (χ4n) is 3.90. The van der Waals surface area contributed by atoms with E-state index in [1.807, 2.05) is 42.0 Å². The first kappa shape index (κ1) is 20.6. The quantitative estimate of drug-likeness (QED) is 0.367. The van der Waals surface area contributed by atoms with Gasteiger partial charge in [-0.2, -0.15) is 0 Å². The number of benzene rings is 2. The number of aromatic nitrogens is 3. The van der Waals surface area contributed by atoms with E-state index in [1.54, 1.807) is 54.9 Å². The highest BCUT2D eigenvalue weighted by Gasteiger charge is 2.17. The number of fused-ring (bicyclic) bond motifs is 1. The molecule has 164 valence electrons. The molecule has 0 spiro atoms. The number of nitrogens with zero attached hydrogens (tertiary/aromatic N) is 4. The van der Waals surface area contributed by atoms with E-state index in [0.29, 0.717) is 29.2 Å². The third-order valence-electron chi connectivity index (χ3n) is 5.61. The highest BCUT2D eigenvalue weighted by Crippen LogP contribution is 2.26. The minimum Gasteiger partial charge on any atom is -0.467 e. The number of furan rings is 1. The molecule has 0 aliphatic rings. The van der Waals surface area contributed by atoms with Crippen LogP contribution in [0, 0.1) is 12.7 Å². The Morgan fingerprint density at radius 2 is 1.88 bits per heavy atom. The molecular weight excluding hydrogens is 419 g/mol. The van der Waals surface area contributed by atoms with E-state index in [4.69, 9.17) is 4.42 Å². The third-order valence-corrected chi connectivity index (χ3v) is 5.61. The summed E-state index contributed by atoms with van der Waals surface area (Å²) >= 11 is 0. The summed E-state index contributed by atoms with van der Waals surface area (Å²) in [6.07, 6.45) is 6.73. The van der Waals surface area contributed by atoms with Gasteiger partial charge in [0.1, 0.15) is 11.6 Å². The molecule has 0 saturated carbocycles. The van der Waals surface area contributed by atoms with E-state index in [-0.39, 0.29) is 11.7 Å². The molecule has 3 heterocycles. The van der Waals surface area contributed by atoms with Crippen LogP contribution in [0.4, 0.5) is 4.39 Å². The molecule has 3 aromatic heterocycles. The molecule has 0 aliphatic heterocycles. The van der Waals surface area contributed by atoms with Crippen molar-refractivity contribution in [2.75, 3.05) is 7.05 Å². The van der Waals surface area contributed by atoms with Crippen LogP contribution in [0.1, 0.15) is 21.7 Å². The molecule has 0 fully saturated rings. The molecule has 5 aromatic rings. The van der Waals surface area contributed by atoms with Gasteiger partial charge in [-0.3, -0.25) is 9.36 Å². The fourth-order valence-corrected chi connectivity index (χ4v) is 3.90. The van der Waals surface area contributed by atoms with Gasteiger partial charge in [-0.05, 0) is 42.8 Å². The molecule has 6 nitrogen and oxygen atoms in total. The summed E-state index contributed by atoms with van der Waals surface area (Å²) in [5.74, 6) is 0.726. The van der Waals surface area contributed by atoms with E-state index in [0.717, 1.165) is 22.2 Å². The number of carbonyl (C=O) groups excluding carboxylic acids is 1. The number of hydrogen-bond acceptors (Lipinski definition) is 4. The molecule has 1 amide bonds. The summed E-state index contributed by atoms with van der Waals surface area (Å²) in [5, 5.41) is 1.00. The predicted molar refractivity (Wildman–Crippen MR) is 124 cm³/mol. The topological polar surface area (TPSA) is 64.2 Å². The van der Waals surface area contributed by atoms with Crippen LogP contribution in [0.2, 0.25) is 0 Å². The Bertz CT molecular complexity index is 1440. The number of aryl methyl sites for hydroxylation is 1. The van der Waals surface area contributed by atoms with Gasteiger partial charge in [0.15, 0.2) is 0 Å². The number of halogens is 1. The monoisotopic (exact) mass is 440 g/mol. The molecular formula is C26H21FN4O2. The van der Waals surface area contributed by atoms with Gasteiger partial charge in [-0.1, -0.05) is 24.3 Å². The van der Waals surface area contributed by atoms with Crippen molar-refractivity contribution in [2.24, 2.45) is 0 Å². The maximum atomic E-state index is 14.1. The summed E-state index contributed by atoms with van der Waals surface area (Å²) in [5.41, 5.74) is 3.46. The van der Waals surface area contributed by atoms with Crippen LogP contribution in [0.15, 0.2) is 83.9 Å². The van der Waals surface area contributed by atoms with Crippen molar-refractivity contribution in [1.82, 2.24) is 19.4 Å². The van der Waals surface area contributed by atoms with E-state index in [1.165, 1.54) is 6.07 Å². The molecule has 0 radical (unpaired) electrons. The summed E-state index contributed by atoms with van der Waals surface area (Å²) in [7, 11) is 1.74. The highest BCUT2D eigenvalue weighted by molar-refractivity contribution is 5.98. The number of hydrogen-bond donors (Lipinski definition) is 0. The second kappa shape index (κ2) is 8.35. The van der Waals surface area contributed by atoms with Gasteiger partial charge in [-0.25, -0.2) is 14.4 Å². The van der Waals surface area contributed by atoms with E-state index >= 15 is 0 Å². The first-order chi connectivity index (χ1) is 16.0. The van der Waals surface area contributed by atoms with Gasteiger partial charge in [0.05, 0.1) is 18.3 Å². The fraction of sp³-hybridized carbons (Fsp3) is 0.115. The van der Waals surface area contributed by atoms with Gasteiger partial charge in [0.25, 0.3) is 5.91 Å². The van der Waals surface area contributed by atoms with Crippen molar-refractivity contribution in [3.8, 4) is 17.1 Å². The van der Waals surface area contributed by atoms with Gasteiger partial charge in [0.2, 0.25) is 5.95 Å². The number of rotatable bonds is 5. The molecule has 0 unspecified atom stereocenters. The molecule has 33 heavy (non-hydrogen) atoms. The van der Waals surface area contributed by atoms with Crippen molar-refractivity contribution in [3.05, 3.63) is 102 Å². The number of carbonyl (C=O) groups is 1. The largest absolute Gasteiger partial charge is 0.467 e. The zero-order valence-electron chi connectivity index (χ0n) is 18.2. The lowest BCUT2D eigenvalue weighted by molar-refractivity contribution is 0.0775. The first-order valence-corrected chi connectivity index (χ1v) is 10.5. The van der Waals surface area contributed by atoms with Gasteiger partial charge < -0.3 is 9.32 Å². The summed E-state index contributed by atoms with van der Waals surface area (Å²) in [6.45, 7) is 2.38. The molecule has 0 atom stereocenters. The summed E-state index contributed by atoms with van der Waals surface area (Å²) in [4.78, 5) is 23.6. The zero-order chi connectivity index (χ0) is 22.9. The molecule has 0 bridgehead atoms. The van der Waals surface area contributed by atoms with Crippen molar-refractivity contribution in [2.45, 2.75) is 13.5 Å². The Kier molecular flexibility index (Phi) is 5.22. The lowest BCUT2D eigenvalue weighted by Gasteiger charge is -2.16. The Balaban J connectivity index is 1.49. The van der Waals surface area contributed by atoms with E-state index in [2.05, 4.69) is 9.97 Å². The summed E-state index contributed by atoms with van der Waals surface area (Å²) in [6, 6.07) is 15.8. The lowest BCUT2D eigenvalue weighted by Crippen LogP contribution is -2.26. The normalized spacial score (nSPS) is 11.1. The van der Waals surface area contributed by atoms with Crippen LogP contribution in [0.3, 0.4) is 0 Å². The van der Waals surface area contributed by atoms with E-state index in [9.17, 15) is 9.18 Å². The molecule has 7 heteroatoms. The van der Waals surface area contributed by atoms with Gasteiger partial charge in [0, 0.05) is 47.7 Å². The zero-order valence-corrected chi connectivity index (χ0v) is 18.2. The maximum Gasteiger partial charge on any atom is 0.254 e. The molecule has 2 aromatic carbocycles. The second-order valence-corrected chi connectivity index (χ2v) is 7.91. The SMILES string of the molecule is Cc1cn(-c2ncc(-c3ccccc3F)cn2)c2cc(C(=O)N(C)Cc3ccco3)ccc12. The van der Waals surface area contributed by atoms with E-state index < -0.39 is 0 Å². The standard InChI is InChI=1S/C26H21FN4O2/c1-17-15-31(26-28-13-19(14-29-26)22-7-3-4-8-23(22)27)24-12-18(9-10-21(17)24)25(32)30(2)16-20-6-5-11-33-20/h3-15H,16H2,1-2H3. The van der Waals surface area contributed by atoms with Crippen molar-refractivity contribution >= 4 is 16.8 Å². The predicted octanol–water partition coefficient (Wildman–Crippen LogP) is 5.40. The van der Waals surface area contributed by atoms with Crippen LogP contribution in [-0.4, -0.2) is 32.4 Å². The van der Waals surface area contributed by atoms with Crippen LogP contribution in [0.5, 0.6) is 0 Å². The maximum absolute atomic E-state index is 14.1. The van der Waals surface area contributed by atoms with Crippen molar-refractivity contribution in [1.29, 1.82) is 0 Å². The Morgan fingerprint density at radius 1 is 1.09 bits per heavy atom. The van der Waals surface area contributed by atoms with Crippen LogP contribution in [-0.2, 0) is 6.54 Å². The third kappa shape index (κ3) is 3.89. The second-order valence-electron chi connectivity index (χ2n) is 7.91. The van der Waals surface area contributed by atoms with Crippen LogP contribution in [0.25, 0.3) is 28.0 Å². The molecule has 0 aliphatic carbocycles. The average molecular weight is 440 g/mol. The van der Waals surface area contributed by atoms with Gasteiger partial charge in [-0.15, -0.1) is 0 Å². The Labute approximate surface area is 189 Å². The van der Waals surface area contributed by atoms with Gasteiger partial charge >= 0.3 is 0 Å². The highest BCUT2D eigenvalue weighted by atomic mass is 19.1. The number of amides is 1. The minimum absolute atomic E-state index is 0.116. The smallest absolute Gasteiger partial charge is 0.254 e. The summed E-state index contributed by atoms with van der Waals surface area (Å²) < 4.78 is 21.3. The van der Waals surface area contributed by atoms with Crippen molar-refractivity contribution < 1.29 is 13.6 Å². The Hall–Kier alpha value is -4.26. The Morgan fingerprint density at radius 3 is 2.61 bits per heavy atom. The molecule has 0 N–H and O–H groups in total.